The van der Waals surface area contributed by atoms with Crippen molar-refractivity contribution >= 4 is 11.0 Å². The van der Waals surface area contributed by atoms with Gasteiger partial charge in [0.1, 0.15) is 5.65 Å². The van der Waals surface area contributed by atoms with Gasteiger partial charge >= 0.3 is 0 Å². The molecule has 3 heterocycles. The smallest absolute Gasteiger partial charge is 0.139 e. The van der Waals surface area contributed by atoms with Gasteiger partial charge in [-0.1, -0.05) is 0 Å². The van der Waals surface area contributed by atoms with Crippen molar-refractivity contribution in [2.75, 3.05) is 0 Å². The molecule has 68 valence electrons. The maximum absolute atomic E-state index is 4.22. The van der Waals surface area contributed by atoms with Crippen LogP contribution in [0.1, 0.15) is 0 Å². The first kappa shape index (κ1) is 7.32. The van der Waals surface area contributed by atoms with Gasteiger partial charge < -0.3 is 9.55 Å². The molecule has 0 unspecified atom stereocenters. The van der Waals surface area contributed by atoms with Crippen molar-refractivity contribution in [2.24, 2.45) is 0 Å². The zero-order chi connectivity index (χ0) is 9.38. The Balaban J connectivity index is 2.33. The Labute approximate surface area is 80.2 Å². The Morgan fingerprint density at radius 1 is 1.29 bits per heavy atom. The van der Waals surface area contributed by atoms with E-state index in [2.05, 4.69) is 15.0 Å². The standard InChI is InChI=1S/C10H8N4/c1-2-8-9(14-5-4-11-7-14)6-13-10(8)12-3-1/h1-7H,(H,12,13). The molecule has 0 saturated heterocycles. The predicted molar refractivity (Wildman–Crippen MR) is 53.2 cm³/mol. The number of aromatic amines is 1. The summed E-state index contributed by atoms with van der Waals surface area (Å²) in [6, 6.07) is 3.96. The van der Waals surface area contributed by atoms with Crippen LogP contribution in [0.5, 0.6) is 0 Å². The Morgan fingerprint density at radius 3 is 3.14 bits per heavy atom. The number of H-pyrrole nitrogens is 1. The zero-order valence-electron chi connectivity index (χ0n) is 7.38. The van der Waals surface area contributed by atoms with E-state index in [-0.39, 0.29) is 0 Å². The molecular formula is C10H8N4. The van der Waals surface area contributed by atoms with Gasteiger partial charge in [-0.05, 0) is 12.1 Å². The van der Waals surface area contributed by atoms with Crippen LogP contribution in [-0.2, 0) is 0 Å². The summed E-state index contributed by atoms with van der Waals surface area (Å²) in [4.78, 5) is 11.4. The van der Waals surface area contributed by atoms with Crippen molar-refractivity contribution < 1.29 is 0 Å². The third-order valence-electron chi connectivity index (χ3n) is 2.21. The number of hydrogen-bond acceptors (Lipinski definition) is 2. The third kappa shape index (κ3) is 0.939. The van der Waals surface area contributed by atoms with Crippen molar-refractivity contribution in [3.63, 3.8) is 0 Å². The van der Waals surface area contributed by atoms with E-state index in [1.807, 2.05) is 29.1 Å². The number of imidazole rings is 1. The summed E-state index contributed by atoms with van der Waals surface area (Å²) in [5, 5.41) is 1.10. The van der Waals surface area contributed by atoms with Gasteiger partial charge in [-0.25, -0.2) is 9.97 Å². The molecule has 3 aromatic rings. The molecule has 4 heteroatoms. The molecule has 14 heavy (non-hydrogen) atoms. The second-order valence-corrected chi connectivity index (χ2v) is 3.04. The van der Waals surface area contributed by atoms with Crippen LogP contribution in [0.3, 0.4) is 0 Å². The number of rotatable bonds is 1. The van der Waals surface area contributed by atoms with Gasteiger partial charge in [0.25, 0.3) is 0 Å². The number of fused-ring (bicyclic) bond motifs is 1. The van der Waals surface area contributed by atoms with Crippen LogP contribution in [0.25, 0.3) is 16.7 Å². The number of nitrogens with zero attached hydrogens (tertiary/aromatic N) is 3. The third-order valence-corrected chi connectivity index (χ3v) is 2.21. The Hall–Kier alpha value is -2.10. The normalized spacial score (nSPS) is 10.9. The molecule has 0 aliphatic heterocycles. The van der Waals surface area contributed by atoms with E-state index in [0.717, 1.165) is 16.7 Å². The molecule has 0 fully saturated rings. The highest BCUT2D eigenvalue weighted by Gasteiger charge is 2.03. The molecule has 0 radical (unpaired) electrons. The number of nitrogens with one attached hydrogen (secondary N) is 1. The van der Waals surface area contributed by atoms with Crippen LogP contribution in [0.15, 0.2) is 43.2 Å². The second-order valence-electron chi connectivity index (χ2n) is 3.04. The fourth-order valence-corrected chi connectivity index (χ4v) is 1.56. The molecule has 3 rings (SSSR count). The van der Waals surface area contributed by atoms with Gasteiger partial charge in [-0.2, -0.15) is 0 Å². The summed E-state index contributed by atoms with van der Waals surface area (Å²) >= 11 is 0. The van der Waals surface area contributed by atoms with E-state index >= 15 is 0 Å². The minimum absolute atomic E-state index is 0.899. The van der Waals surface area contributed by atoms with Crippen LogP contribution >= 0.6 is 0 Å². The maximum Gasteiger partial charge on any atom is 0.139 e. The van der Waals surface area contributed by atoms with Gasteiger partial charge in [0.05, 0.1) is 12.0 Å². The molecule has 4 nitrogen and oxygen atoms in total. The fraction of sp³-hybridized carbons (Fsp3) is 0. The van der Waals surface area contributed by atoms with Crippen molar-refractivity contribution in [1.82, 2.24) is 19.5 Å². The highest BCUT2D eigenvalue weighted by molar-refractivity contribution is 5.85. The lowest BCUT2D eigenvalue weighted by Gasteiger charge is -1.97. The minimum atomic E-state index is 0.899. The molecule has 0 saturated carbocycles. The highest BCUT2D eigenvalue weighted by Crippen LogP contribution is 2.18. The molecule has 0 aliphatic rings. The van der Waals surface area contributed by atoms with Gasteiger partial charge in [0.2, 0.25) is 0 Å². The first-order valence-electron chi connectivity index (χ1n) is 4.35. The van der Waals surface area contributed by atoms with Crippen molar-refractivity contribution in [3.8, 4) is 5.69 Å². The van der Waals surface area contributed by atoms with Crippen LogP contribution in [-0.4, -0.2) is 19.5 Å². The lowest BCUT2D eigenvalue weighted by molar-refractivity contribution is 1.07. The Bertz CT molecular complexity index is 550. The van der Waals surface area contributed by atoms with E-state index in [4.69, 9.17) is 0 Å². The lowest BCUT2D eigenvalue weighted by Crippen LogP contribution is -1.86. The molecular weight excluding hydrogens is 176 g/mol. The maximum atomic E-state index is 4.22. The van der Waals surface area contributed by atoms with Crippen molar-refractivity contribution in [3.05, 3.63) is 43.2 Å². The van der Waals surface area contributed by atoms with E-state index in [0.29, 0.717) is 0 Å². The fourth-order valence-electron chi connectivity index (χ4n) is 1.56. The van der Waals surface area contributed by atoms with E-state index in [1.54, 1.807) is 18.7 Å². The second kappa shape index (κ2) is 2.70. The number of aromatic nitrogens is 4. The molecule has 0 aliphatic carbocycles. The Morgan fingerprint density at radius 2 is 2.29 bits per heavy atom. The SMILES string of the molecule is c1cnc2[nH]cc(-n3ccnc3)c2c1. The van der Waals surface area contributed by atoms with Gasteiger partial charge in [0, 0.05) is 30.2 Å². The molecule has 0 atom stereocenters. The summed E-state index contributed by atoms with van der Waals surface area (Å²) < 4.78 is 1.96. The van der Waals surface area contributed by atoms with Gasteiger partial charge in [-0.3, -0.25) is 0 Å². The molecule has 0 spiro atoms. The molecule has 3 aromatic heterocycles. The molecule has 0 amide bonds. The van der Waals surface area contributed by atoms with Crippen LogP contribution in [0.2, 0.25) is 0 Å². The lowest BCUT2D eigenvalue weighted by atomic mass is 10.3. The van der Waals surface area contributed by atoms with Crippen LogP contribution < -0.4 is 0 Å². The average Bonchev–Trinajstić information content (AvgIpc) is 2.85. The van der Waals surface area contributed by atoms with Crippen molar-refractivity contribution in [2.45, 2.75) is 0 Å². The minimum Gasteiger partial charge on any atom is -0.344 e. The molecule has 0 bridgehead atoms. The van der Waals surface area contributed by atoms with Crippen LogP contribution in [0.4, 0.5) is 0 Å². The molecule has 1 N–H and O–H groups in total. The first-order chi connectivity index (χ1) is 6.95. The summed E-state index contributed by atoms with van der Waals surface area (Å²) in [7, 11) is 0. The van der Waals surface area contributed by atoms with Crippen molar-refractivity contribution in [1.29, 1.82) is 0 Å². The Kier molecular flexibility index (Phi) is 1.41. The monoisotopic (exact) mass is 184 g/mol. The van der Waals surface area contributed by atoms with E-state index in [9.17, 15) is 0 Å². The summed E-state index contributed by atoms with van der Waals surface area (Å²) in [5.74, 6) is 0. The van der Waals surface area contributed by atoms with E-state index < -0.39 is 0 Å². The summed E-state index contributed by atoms with van der Waals surface area (Å²) in [5.41, 5.74) is 1.97. The van der Waals surface area contributed by atoms with Gasteiger partial charge in [-0.15, -0.1) is 0 Å². The highest BCUT2D eigenvalue weighted by atomic mass is 15.0. The predicted octanol–water partition coefficient (Wildman–Crippen LogP) is 1.75. The summed E-state index contributed by atoms with van der Waals surface area (Å²) in [6.07, 6.45) is 9.15. The summed E-state index contributed by atoms with van der Waals surface area (Å²) in [6.45, 7) is 0. The zero-order valence-corrected chi connectivity index (χ0v) is 7.38. The molecule has 0 aromatic carbocycles. The first-order valence-corrected chi connectivity index (χ1v) is 4.35. The quantitative estimate of drug-likeness (QED) is 0.626. The van der Waals surface area contributed by atoms with E-state index in [1.165, 1.54) is 0 Å². The topological polar surface area (TPSA) is 46.5 Å². The van der Waals surface area contributed by atoms with Crippen LogP contribution in [0, 0.1) is 0 Å². The van der Waals surface area contributed by atoms with Gasteiger partial charge in [0.15, 0.2) is 0 Å². The number of pyridine rings is 1. The largest absolute Gasteiger partial charge is 0.344 e. The average molecular weight is 184 g/mol. The number of hydrogen-bond donors (Lipinski definition) is 1.